The fourth-order valence-corrected chi connectivity index (χ4v) is 1.78. The lowest BCUT2D eigenvalue weighted by atomic mass is 10.2. The number of pyridine rings is 1. The Morgan fingerprint density at radius 1 is 1.40 bits per heavy atom. The average Bonchev–Trinajstić information content (AvgIpc) is 2.55. The van der Waals surface area contributed by atoms with Crippen LogP contribution in [0.25, 0.3) is 0 Å². The summed E-state index contributed by atoms with van der Waals surface area (Å²) in [6.45, 7) is 0. The molecule has 2 aromatic rings. The largest absolute Gasteiger partial charge is 0.500 e. The molecule has 0 aliphatic heterocycles. The van der Waals surface area contributed by atoms with E-state index in [2.05, 4.69) is 15.5 Å². The normalized spacial score (nSPS) is 11.5. The first-order valence-electron chi connectivity index (χ1n) is 6.60. The third kappa shape index (κ3) is 4.34. The van der Waals surface area contributed by atoms with E-state index in [0.717, 1.165) is 24.4 Å². The number of methoxy groups -OCH3 is 1. The number of anilines is 1. The number of benzene rings is 1. The molecule has 0 fully saturated rings. The van der Waals surface area contributed by atoms with Crippen LogP contribution in [0.3, 0.4) is 0 Å². The number of nitro benzene ring substituents is 1. The summed E-state index contributed by atoms with van der Waals surface area (Å²) in [4.78, 5) is 13.6. The van der Waals surface area contributed by atoms with Crippen LogP contribution in [0.4, 0.5) is 24.7 Å². The van der Waals surface area contributed by atoms with Crippen LogP contribution in [0, 0.1) is 10.1 Å². The minimum atomic E-state index is -4.49. The van der Waals surface area contributed by atoms with E-state index in [1.807, 2.05) is 0 Å². The molecule has 0 aliphatic rings. The summed E-state index contributed by atoms with van der Waals surface area (Å²) in [5.41, 5.74) is 1.14. The minimum Gasteiger partial charge on any atom is -0.500 e. The van der Waals surface area contributed by atoms with Gasteiger partial charge < -0.3 is 9.84 Å². The van der Waals surface area contributed by atoms with Gasteiger partial charge in [0.05, 0.1) is 23.8 Å². The van der Waals surface area contributed by atoms with E-state index < -0.39 is 28.1 Å². The summed E-state index contributed by atoms with van der Waals surface area (Å²) in [7, 11) is 1.23. The number of phenols is 1. The average molecular weight is 356 g/mol. The molecule has 0 unspecified atom stereocenters. The summed E-state index contributed by atoms with van der Waals surface area (Å²) >= 11 is 0. The summed E-state index contributed by atoms with van der Waals surface area (Å²) in [5.74, 6) is -0.699. The molecule has 1 aromatic carbocycles. The summed E-state index contributed by atoms with van der Waals surface area (Å²) in [6.07, 6.45) is -2.68. The molecule has 0 spiro atoms. The van der Waals surface area contributed by atoms with Crippen molar-refractivity contribution in [2.45, 2.75) is 6.18 Å². The Morgan fingerprint density at radius 2 is 2.12 bits per heavy atom. The second-order valence-electron chi connectivity index (χ2n) is 4.65. The minimum absolute atomic E-state index is 0.0458. The van der Waals surface area contributed by atoms with Crippen molar-refractivity contribution in [2.24, 2.45) is 5.10 Å². The number of nitrogens with one attached hydrogen (secondary N) is 1. The van der Waals surface area contributed by atoms with Crippen molar-refractivity contribution >= 4 is 17.7 Å². The second-order valence-corrected chi connectivity index (χ2v) is 4.65. The van der Waals surface area contributed by atoms with Gasteiger partial charge in [-0.2, -0.15) is 18.3 Å². The lowest BCUT2D eigenvalue weighted by Gasteiger charge is -2.06. The second kappa shape index (κ2) is 7.03. The molecule has 11 heteroatoms. The molecule has 132 valence electrons. The molecule has 0 bridgehead atoms. The highest BCUT2D eigenvalue weighted by Crippen LogP contribution is 2.36. The van der Waals surface area contributed by atoms with Crippen molar-refractivity contribution < 1.29 is 27.9 Å². The van der Waals surface area contributed by atoms with Gasteiger partial charge in [0.15, 0.2) is 5.75 Å². The molecule has 8 nitrogen and oxygen atoms in total. The summed E-state index contributed by atoms with van der Waals surface area (Å²) in [5, 5.41) is 24.3. The fourth-order valence-electron chi connectivity index (χ4n) is 1.78. The number of aromatic hydroxyl groups is 1. The molecular formula is C14H11F3N4O4. The van der Waals surface area contributed by atoms with Gasteiger partial charge in [-0.3, -0.25) is 15.5 Å². The number of halogens is 3. The number of hydrogen-bond acceptors (Lipinski definition) is 7. The highest BCUT2D eigenvalue weighted by atomic mass is 19.4. The Balaban J connectivity index is 2.17. The van der Waals surface area contributed by atoms with Crippen LogP contribution in [0.1, 0.15) is 11.1 Å². The van der Waals surface area contributed by atoms with Crippen molar-refractivity contribution in [3.8, 4) is 11.5 Å². The first-order valence-corrected chi connectivity index (χ1v) is 6.60. The maximum absolute atomic E-state index is 12.4. The van der Waals surface area contributed by atoms with Gasteiger partial charge in [-0.1, -0.05) is 0 Å². The third-order valence-corrected chi connectivity index (χ3v) is 2.98. The van der Waals surface area contributed by atoms with Crippen molar-refractivity contribution in [1.82, 2.24) is 4.98 Å². The smallest absolute Gasteiger partial charge is 0.417 e. The number of nitro groups is 1. The van der Waals surface area contributed by atoms with E-state index in [-0.39, 0.29) is 17.1 Å². The van der Waals surface area contributed by atoms with Crippen LogP contribution in [-0.2, 0) is 6.18 Å². The quantitative estimate of drug-likeness (QED) is 0.484. The van der Waals surface area contributed by atoms with E-state index in [1.54, 1.807) is 0 Å². The topological polar surface area (TPSA) is 110 Å². The molecule has 1 heterocycles. The van der Waals surface area contributed by atoms with Gasteiger partial charge in [0.25, 0.3) is 0 Å². The molecule has 25 heavy (non-hydrogen) atoms. The van der Waals surface area contributed by atoms with E-state index in [0.29, 0.717) is 6.20 Å². The monoisotopic (exact) mass is 356 g/mol. The van der Waals surface area contributed by atoms with Crippen LogP contribution >= 0.6 is 0 Å². The van der Waals surface area contributed by atoms with Gasteiger partial charge in [-0.05, 0) is 18.2 Å². The number of rotatable bonds is 5. The fraction of sp³-hybridized carbons (Fsp3) is 0.143. The van der Waals surface area contributed by atoms with Gasteiger partial charge in [0, 0.05) is 17.8 Å². The van der Waals surface area contributed by atoms with Crippen molar-refractivity contribution in [3.05, 3.63) is 51.7 Å². The molecular weight excluding hydrogens is 345 g/mol. The molecule has 0 atom stereocenters. The number of ether oxygens (including phenoxy) is 1. The van der Waals surface area contributed by atoms with Crippen molar-refractivity contribution in [3.63, 3.8) is 0 Å². The Morgan fingerprint density at radius 3 is 2.64 bits per heavy atom. The molecule has 0 saturated carbocycles. The maximum Gasteiger partial charge on any atom is 0.417 e. The van der Waals surface area contributed by atoms with E-state index in [9.17, 15) is 28.4 Å². The summed E-state index contributed by atoms with van der Waals surface area (Å²) in [6, 6.07) is 4.27. The Bertz CT molecular complexity index is 807. The first-order chi connectivity index (χ1) is 11.7. The molecule has 0 amide bonds. The first kappa shape index (κ1) is 18.0. The molecule has 2 N–H and O–H groups in total. The predicted molar refractivity (Wildman–Crippen MR) is 81.8 cm³/mol. The predicted octanol–water partition coefficient (Wildman–Crippen LogP) is 3.17. The van der Waals surface area contributed by atoms with Gasteiger partial charge in [0.2, 0.25) is 5.75 Å². The van der Waals surface area contributed by atoms with Gasteiger partial charge in [-0.15, -0.1) is 0 Å². The standard InChI is InChI=1S/C14H11F3N4O4/c1-25-11-5-8(4-10(13(11)22)21(23)24)6-19-20-12-3-2-9(7-18-12)14(15,16)17/h2-7,22H,1H3,(H,18,20)/b19-6-. The molecule has 0 saturated heterocycles. The van der Waals surface area contributed by atoms with Crippen LogP contribution in [0.15, 0.2) is 35.6 Å². The van der Waals surface area contributed by atoms with Crippen LogP contribution in [-0.4, -0.2) is 28.3 Å². The number of aromatic nitrogens is 1. The zero-order valence-corrected chi connectivity index (χ0v) is 12.6. The molecule has 0 radical (unpaired) electrons. The lowest BCUT2D eigenvalue weighted by Crippen LogP contribution is -2.05. The molecule has 0 aliphatic carbocycles. The number of phenolic OH excluding ortho intramolecular Hbond substituents is 1. The van der Waals surface area contributed by atoms with E-state index in [1.165, 1.54) is 13.2 Å². The van der Waals surface area contributed by atoms with Gasteiger partial charge in [0.1, 0.15) is 5.82 Å². The van der Waals surface area contributed by atoms with Crippen LogP contribution < -0.4 is 10.2 Å². The number of nitrogens with zero attached hydrogens (tertiary/aromatic N) is 3. The maximum atomic E-state index is 12.4. The number of hydrazone groups is 1. The number of hydrogen-bond donors (Lipinski definition) is 2. The zero-order valence-electron chi connectivity index (χ0n) is 12.6. The molecule has 1 aromatic heterocycles. The third-order valence-electron chi connectivity index (χ3n) is 2.98. The molecule has 2 rings (SSSR count). The highest BCUT2D eigenvalue weighted by molar-refractivity contribution is 5.83. The van der Waals surface area contributed by atoms with E-state index in [4.69, 9.17) is 4.74 Å². The number of alkyl halides is 3. The Labute approximate surface area is 138 Å². The summed E-state index contributed by atoms with van der Waals surface area (Å²) < 4.78 is 42.1. The van der Waals surface area contributed by atoms with Gasteiger partial charge in [-0.25, -0.2) is 4.98 Å². The lowest BCUT2D eigenvalue weighted by molar-refractivity contribution is -0.386. The van der Waals surface area contributed by atoms with Crippen molar-refractivity contribution in [1.29, 1.82) is 0 Å². The highest BCUT2D eigenvalue weighted by Gasteiger charge is 2.30. The Hall–Kier alpha value is -3.37. The van der Waals surface area contributed by atoms with Crippen molar-refractivity contribution in [2.75, 3.05) is 12.5 Å². The van der Waals surface area contributed by atoms with Crippen LogP contribution in [0.2, 0.25) is 0 Å². The Kier molecular flexibility index (Phi) is 5.05. The van der Waals surface area contributed by atoms with Gasteiger partial charge >= 0.3 is 11.9 Å². The SMILES string of the molecule is COc1cc(/C=N\Nc2ccc(C(F)(F)F)cn2)cc([N+](=O)[O-])c1O. The van der Waals surface area contributed by atoms with E-state index >= 15 is 0 Å². The zero-order chi connectivity index (χ0) is 18.6. The van der Waals surface area contributed by atoms with Crippen LogP contribution in [0.5, 0.6) is 11.5 Å².